The number of piperidine rings is 1. The van der Waals surface area contributed by atoms with E-state index in [0.717, 1.165) is 55.5 Å². The molecule has 5 nitrogen and oxygen atoms in total. The molecule has 3 rings (SSSR count). The number of carboxylic acid groups (broad SMARTS) is 1. The van der Waals surface area contributed by atoms with E-state index in [2.05, 4.69) is 0 Å². The third-order valence-corrected chi connectivity index (χ3v) is 5.84. The molecule has 25 heavy (non-hydrogen) atoms. The van der Waals surface area contributed by atoms with Crippen LogP contribution in [0.4, 0.5) is 0 Å². The highest BCUT2D eigenvalue weighted by atomic mass is 16.4. The van der Waals surface area contributed by atoms with E-state index in [9.17, 15) is 14.7 Å². The van der Waals surface area contributed by atoms with Crippen molar-refractivity contribution in [1.82, 2.24) is 9.80 Å². The van der Waals surface area contributed by atoms with Gasteiger partial charge in [-0.1, -0.05) is 18.2 Å². The maximum Gasteiger partial charge on any atom is 0.325 e. The topological polar surface area (TPSA) is 60.9 Å². The Morgan fingerprint density at radius 2 is 1.72 bits per heavy atom. The highest BCUT2D eigenvalue weighted by molar-refractivity contribution is 5.79. The van der Waals surface area contributed by atoms with E-state index in [1.54, 1.807) is 0 Å². The lowest BCUT2D eigenvalue weighted by molar-refractivity contribution is -0.145. The molecule has 0 bridgehead atoms. The van der Waals surface area contributed by atoms with Crippen LogP contribution in [0.3, 0.4) is 0 Å². The molecule has 1 aromatic rings. The first-order valence-corrected chi connectivity index (χ1v) is 9.31. The third kappa shape index (κ3) is 3.71. The van der Waals surface area contributed by atoms with Crippen molar-refractivity contribution in [3.63, 3.8) is 0 Å². The average Bonchev–Trinajstić information content (AvgIpc) is 3.13. The molecule has 2 saturated heterocycles. The van der Waals surface area contributed by atoms with E-state index in [4.69, 9.17) is 0 Å². The maximum absolute atomic E-state index is 12.6. The van der Waals surface area contributed by atoms with Crippen LogP contribution in [0.2, 0.25) is 0 Å². The number of rotatable bonds is 4. The second-order valence-electron chi connectivity index (χ2n) is 7.37. The van der Waals surface area contributed by atoms with Gasteiger partial charge < -0.3 is 10.0 Å². The van der Waals surface area contributed by atoms with Crippen molar-refractivity contribution in [1.29, 1.82) is 0 Å². The molecule has 1 atom stereocenters. The highest BCUT2D eigenvalue weighted by Gasteiger charge is 2.35. The number of carboxylic acids is 1. The van der Waals surface area contributed by atoms with Crippen molar-refractivity contribution in [3.05, 3.63) is 34.9 Å². The Balaban J connectivity index is 1.70. The Morgan fingerprint density at radius 3 is 2.32 bits per heavy atom. The lowest BCUT2D eigenvalue weighted by Gasteiger charge is -2.37. The summed E-state index contributed by atoms with van der Waals surface area (Å²) in [6, 6.07) is 5.24. The summed E-state index contributed by atoms with van der Waals surface area (Å²) >= 11 is 0. The molecule has 2 heterocycles. The van der Waals surface area contributed by atoms with E-state index in [-0.39, 0.29) is 11.8 Å². The molecule has 2 aliphatic heterocycles. The smallest absolute Gasteiger partial charge is 0.325 e. The molecular formula is C20H28N2O3. The minimum absolute atomic E-state index is 0.0578. The van der Waals surface area contributed by atoms with Crippen LogP contribution in [-0.2, 0) is 9.59 Å². The molecule has 1 amide bonds. The van der Waals surface area contributed by atoms with Crippen LogP contribution in [-0.4, -0.2) is 53.0 Å². The zero-order chi connectivity index (χ0) is 18.0. The number of carbonyl (C=O) groups excluding carboxylic acids is 1. The van der Waals surface area contributed by atoms with Crippen molar-refractivity contribution >= 4 is 11.9 Å². The number of amides is 1. The summed E-state index contributed by atoms with van der Waals surface area (Å²) < 4.78 is 0. The predicted octanol–water partition coefficient (Wildman–Crippen LogP) is 2.76. The molecule has 0 spiro atoms. The van der Waals surface area contributed by atoms with Gasteiger partial charge in [-0.2, -0.15) is 0 Å². The lowest BCUT2D eigenvalue weighted by atomic mass is 9.91. The fourth-order valence-electron chi connectivity index (χ4n) is 4.16. The Bertz CT molecular complexity index is 644. The number of benzene rings is 1. The molecular weight excluding hydrogens is 316 g/mol. The number of aliphatic carboxylic acids is 1. The molecule has 1 unspecified atom stereocenters. The molecule has 2 aliphatic rings. The van der Waals surface area contributed by atoms with Gasteiger partial charge in [0.2, 0.25) is 5.91 Å². The Kier molecular flexibility index (Phi) is 5.42. The first-order chi connectivity index (χ1) is 12.0. The van der Waals surface area contributed by atoms with Crippen LogP contribution in [0.15, 0.2) is 18.2 Å². The van der Waals surface area contributed by atoms with Crippen LogP contribution >= 0.6 is 0 Å². The van der Waals surface area contributed by atoms with Gasteiger partial charge in [0.05, 0.1) is 0 Å². The molecule has 2 fully saturated rings. The zero-order valence-electron chi connectivity index (χ0n) is 15.2. The summed E-state index contributed by atoms with van der Waals surface area (Å²) in [5.41, 5.74) is 3.03. The number of aryl methyl sites for hydroxylation is 1. The third-order valence-electron chi connectivity index (χ3n) is 5.84. The standard InChI is InChI=1S/C20H28N2O3/c1-14-6-5-7-17(15(14)2)18(20(24)25)21-12-8-16(9-13-21)19(23)22-10-3-4-11-22/h5-7,16,18H,3-4,8-13H2,1-2H3,(H,24,25). The number of hydrogen-bond donors (Lipinski definition) is 1. The minimum atomic E-state index is -0.807. The molecule has 0 aliphatic carbocycles. The normalized spacial score (nSPS) is 20.6. The second-order valence-corrected chi connectivity index (χ2v) is 7.37. The summed E-state index contributed by atoms with van der Waals surface area (Å²) in [7, 11) is 0. The van der Waals surface area contributed by atoms with Gasteiger partial charge in [-0.15, -0.1) is 0 Å². The van der Waals surface area contributed by atoms with Gasteiger partial charge in [0, 0.05) is 32.1 Å². The Morgan fingerprint density at radius 1 is 1.08 bits per heavy atom. The van der Waals surface area contributed by atoms with Gasteiger partial charge in [-0.3, -0.25) is 14.5 Å². The fraction of sp³-hybridized carbons (Fsp3) is 0.600. The van der Waals surface area contributed by atoms with Crippen LogP contribution < -0.4 is 0 Å². The fourth-order valence-corrected chi connectivity index (χ4v) is 4.16. The Labute approximate surface area is 149 Å². The van der Waals surface area contributed by atoms with E-state index in [1.807, 2.05) is 41.8 Å². The monoisotopic (exact) mass is 344 g/mol. The summed E-state index contributed by atoms with van der Waals surface area (Å²) in [6.45, 7) is 7.10. The molecule has 0 saturated carbocycles. The van der Waals surface area contributed by atoms with Crippen molar-refractivity contribution in [2.75, 3.05) is 26.2 Å². The zero-order valence-corrected chi connectivity index (χ0v) is 15.2. The van der Waals surface area contributed by atoms with Crippen molar-refractivity contribution in [3.8, 4) is 0 Å². The van der Waals surface area contributed by atoms with Crippen LogP contribution in [0.25, 0.3) is 0 Å². The van der Waals surface area contributed by atoms with Crippen LogP contribution in [0.5, 0.6) is 0 Å². The highest BCUT2D eigenvalue weighted by Crippen LogP contribution is 2.31. The van der Waals surface area contributed by atoms with Crippen LogP contribution in [0.1, 0.15) is 48.4 Å². The van der Waals surface area contributed by atoms with Gasteiger partial charge >= 0.3 is 5.97 Å². The summed E-state index contributed by atoms with van der Waals surface area (Å²) in [4.78, 5) is 28.6. The van der Waals surface area contributed by atoms with Gasteiger partial charge in [0.15, 0.2) is 0 Å². The number of hydrogen-bond acceptors (Lipinski definition) is 3. The molecule has 0 radical (unpaired) electrons. The number of carbonyl (C=O) groups is 2. The number of likely N-dealkylation sites (tertiary alicyclic amines) is 2. The van der Waals surface area contributed by atoms with E-state index < -0.39 is 12.0 Å². The minimum Gasteiger partial charge on any atom is -0.480 e. The van der Waals surface area contributed by atoms with Crippen molar-refractivity contribution < 1.29 is 14.7 Å². The maximum atomic E-state index is 12.6. The first-order valence-electron chi connectivity index (χ1n) is 9.31. The van der Waals surface area contributed by atoms with Crippen LogP contribution in [0, 0.1) is 19.8 Å². The van der Waals surface area contributed by atoms with E-state index in [1.165, 1.54) is 0 Å². The van der Waals surface area contributed by atoms with Gasteiger partial charge in [0.25, 0.3) is 0 Å². The molecule has 136 valence electrons. The van der Waals surface area contributed by atoms with Crippen molar-refractivity contribution in [2.24, 2.45) is 5.92 Å². The lowest BCUT2D eigenvalue weighted by Crippen LogP contribution is -2.44. The molecule has 0 aromatic heterocycles. The van der Waals surface area contributed by atoms with Crippen molar-refractivity contribution in [2.45, 2.75) is 45.6 Å². The van der Waals surface area contributed by atoms with Gasteiger partial charge in [-0.25, -0.2) is 0 Å². The SMILES string of the molecule is Cc1cccc(C(C(=O)O)N2CCC(C(=O)N3CCCC3)CC2)c1C. The Hall–Kier alpha value is -1.88. The largest absolute Gasteiger partial charge is 0.480 e. The molecule has 5 heteroatoms. The number of nitrogens with zero attached hydrogens (tertiary/aromatic N) is 2. The molecule has 1 N–H and O–H groups in total. The van der Waals surface area contributed by atoms with Gasteiger partial charge in [0.1, 0.15) is 6.04 Å². The summed E-state index contributed by atoms with van der Waals surface area (Å²) in [6.07, 6.45) is 3.73. The predicted molar refractivity (Wildman–Crippen MR) is 96.4 cm³/mol. The van der Waals surface area contributed by atoms with Gasteiger partial charge in [-0.05, 0) is 56.2 Å². The van der Waals surface area contributed by atoms with E-state index in [0.29, 0.717) is 13.1 Å². The first kappa shape index (κ1) is 17.9. The quantitative estimate of drug-likeness (QED) is 0.912. The summed E-state index contributed by atoms with van der Waals surface area (Å²) in [5.74, 6) is -0.476. The summed E-state index contributed by atoms with van der Waals surface area (Å²) in [5, 5.41) is 9.83. The van der Waals surface area contributed by atoms with E-state index >= 15 is 0 Å². The average molecular weight is 344 g/mol. The second kappa shape index (κ2) is 7.56. The molecule has 1 aromatic carbocycles.